The van der Waals surface area contributed by atoms with E-state index in [-0.39, 0.29) is 48.4 Å². The molecule has 14 nitrogen and oxygen atoms in total. The highest BCUT2D eigenvalue weighted by molar-refractivity contribution is 7.13. The second-order valence-electron chi connectivity index (χ2n) is 16.3. The first-order chi connectivity index (χ1) is 29.5. The fourth-order valence-corrected chi connectivity index (χ4v) is 9.11. The predicted octanol–water partition coefficient (Wildman–Crippen LogP) is 7.06. The minimum Gasteiger partial charge on any atom is -0.507 e. The molecule has 0 bridgehead atoms. The normalized spacial score (nSPS) is 17.7. The molecule has 0 radical (unpaired) electrons. The van der Waals surface area contributed by atoms with Crippen molar-refractivity contribution in [2.45, 2.75) is 64.1 Å². The van der Waals surface area contributed by atoms with Gasteiger partial charge in [0.05, 0.1) is 39.4 Å². The summed E-state index contributed by atoms with van der Waals surface area (Å²) in [6.45, 7) is 9.26. The number of aromatic nitrogens is 6. The number of hydrogen-bond acceptors (Lipinski definition) is 13. The van der Waals surface area contributed by atoms with Crippen molar-refractivity contribution in [2.75, 3.05) is 24.5 Å². The number of aliphatic hydroxyl groups excluding tert-OH is 1. The molecule has 310 valence electrons. The van der Waals surface area contributed by atoms with E-state index in [0.717, 1.165) is 45.7 Å². The lowest BCUT2D eigenvalue weighted by Gasteiger charge is -2.39. The number of amides is 2. The van der Waals surface area contributed by atoms with Gasteiger partial charge in [-0.25, -0.2) is 15.0 Å². The number of thiazole rings is 1. The van der Waals surface area contributed by atoms with Crippen molar-refractivity contribution in [1.29, 1.82) is 0 Å². The zero-order valence-electron chi connectivity index (χ0n) is 34.1. The van der Waals surface area contributed by atoms with Gasteiger partial charge >= 0.3 is 0 Å². The second kappa shape index (κ2) is 16.5. The highest BCUT2D eigenvalue weighted by atomic mass is 32.1. The van der Waals surface area contributed by atoms with Crippen molar-refractivity contribution in [3.63, 3.8) is 0 Å². The van der Waals surface area contributed by atoms with Crippen LogP contribution in [0.4, 0.5) is 5.95 Å². The lowest BCUT2D eigenvalue weighted by Crippen LogP contribution is -2.48. The Morgan fingerprint density at radius 2 is 1.66 bits per heavy atom. The Balaban J connectivity index is 0.836. The van der Waals surface area contributed by atoms with Crippen molar-refractivity contribution < 1.29 is 24.3 Å². The smallest absolute Gasteiger partial charge is 0.243 e. The van der Waals surface area contributed by atoms with Gasteiger partial charge in [0.1, 0.15) is 29.2 Å². The zero-order chi connectivity index (χ0) is 42.4. The summed E-state index contributed by atoms with van der Waals surface area (Å²) in [6.07, 6.45) is 2.70. The number of fused-ring (bicyclic) bond motifs is 1. The fraction of sp³-hybridized carbons (Fsp3) is 0.304. The Labute approximate surface area is 356 Å². The Kier molecular flexibility index (Phi) is 10.8. The highest BCUT2D eigenvalue weighted by Crippen LogP contribution is 2.36. The SMILES string of the molecule is Cc1ncsc1-c1ccc([C@H](C)NC(=O)[C@@H]2C[C@@H](O)CN2C(=O)C(c2cc(-c3cnc(N4CC(c5ccc6nnc(-c7ccccc7O)cc6c5)C4)nc3)no2)C(C)C)cc1. The molecular formula is C46H45N9O5S. The molecule has 2 amide bonds. The summed E-state index contributed by atoms with van der Waals surface area (Å²) < 4.78 is 5.80. The number of nitrogens with one attached hydrogen (secondary N) is 1. The minimum atomic E-state index is -0.840. The van der Waals surface area contributed by atoms with Gasteiger partial charge in [0.25, 0.3) is 0 Å². The summed E-state index contributed by atoms with van der Waals surface area (Å²) >= 11 is 1.59. The molecule has 3 aromatic carbocycles. The van der Waals surface area contributed by atoms with Gasteiger partial charge in [0.2, 0.25) is 17.8 Å². The maximum absolute atomic E-state index is 14.3. The molecule has 0 aliphatic carbocycles. The Bertz CT molecular complexity index is 2710. The van der Waals surface area contributed by atoms with Crippen LogP contribution < -0.4 is 10.2 Å². The first-order valence-electron chi connectivity index (χ1n) is 20.4. The fourth-order valence-electron chi connectivity index (χ4n) is 8.30. The summed E-state index contributed by atoms with van der Waals surface area (Å²) in [7, 11) is 0. The van der Waals surface area contributed by atoms with E-state index in [1.165, 1.54) is 10.5 Å². The standard InChI is InChI=1S/C46H45N9O5S/c1-25(2)42(45(59)55-23-34(56)17-39(55)44(58)50-26(3)28-9-11-29(12-10-28)43-27(4)49-24-61-43)41-18-37(53-60-41)32-19-47-46(48-20-32)54-21-33(22-54)30-13-14-36-31(15-30)16-38(52-51-36)35-7-5-6-8-40(35)57/h5-16,18-20,24-26,33-34,39,42,56-57H,17,21-23H2,1-4H3,(H,50,58)/t26-,34+,39-,42?/m0/s1. The van der Waals surface area contributed by atoms with Crippen LogP contribution in [-0.2, 0) is 9.59 Å². The maximum Gasteiger partial charge on any atom is 0.243 e. The molecule has 2 fully saturated rings. The van der Waals surface area contributed by atoms with E-state index < -0.39 is 18.1 Å². The van der Waals surface area contributed by atoms with Crippen molar-refractivity contribution in [3.8, 4) is 38.7 Å². The number of phenols is 1. The van der Waals surface area contributed by atoms with Gasteiger partial charge in [-0.1, -0.05) is 61.5 Å². The number of likely N-dealkylation sites (tertiary alicyclic amines) is 1. The molecule has 2 aliphatic rings. The number of carbonyl (C=O) groups is 2. The second-order valence-corrected chi connectivity index (χ2v) is 17.1. The molecule has 4 aromatic heterocycles. The molecular weight excluding hydrogens is 791 g/mol. The third-order valence-corrected chi connectivity index (χ3v) is 12.7. The lowest BCUT2D eigenvalue weighted by atomic mass is 9.90. The molecule has 0 spiro atoms. The molecule has 0 saturated carbocycles. The van der Waals surface area contributed by atoms with Crippen LogP contribution in [0, 0.1) is 12.8 Å². The largest absolute Gasteiger partial charge is 0.507 e. The Morgan fingerprint density at radius 1 is 0.885 bits per heavy atom. The number of anilines is 1. The van der Waals surface area contributed by atoms with E-state index in [4.69, 9.17) is 4.52 Å². The van der Waals surface area contributed by atoms with E-state index >= 15 is 0 Å². The van der Waals surface area contributed by atoms with Crippen molar-refractivity contribution >= 4 is 40.0 Å². The molecule has 4 atom stereocenters. The number of benzene rings is 3. The summed E-state index contributed by atoms with van der Waals surface area (Å²) in [4.78, 5) is 46.3. The average Bonchev–Trinajstić information content (AvgIpc) is 4.01. The topological polar surface area (TPSA) is 184 Å². The van der Waals surface area contributed by atoms with E-state index in [9.17, 15) is 19.8 Å². The molecule has 61 heavy (non-hydrogen) atoms. The minimum absolute atomic E-state index is 0.0429. The molecule has 3 N–H and O–H groups in total. The number of aromatic hydroxyl groups is 1. The first-order valence-corrected chi connectivity index (χ1v) is 21.3. The molecule has 1 unspecified atom stereocenters. The molecule has 15 heteroatoms. The van der Waals surface area contributed by atoms with Crippen LogP contribution in [0.1, 0.15) is 67.7 Å². The molecule has 2 saturated heterocycles. The van der Waals surface area contributed by atoms with Crippen molar-refractivity contribution in [1.82, 2.24) is 40.5 Å². The number of para-hydroxylation sites is 1. The molecule has 7 aromatic rings. The van der Waals surface area contributed by atoms with E-state index in [1.54, 1.807) is 41.9 Å². The van der Waals surface area contributed by atoms with E-state index in [0.29, 0.717) is 34.2 Å². The van der Waals surface area contributed by atoms with Crippen LogP contribution in [0.5, 0.6) is 5.75 Å². The number of hydrogen-bond donors (Lipinski definition) is 3. The number of β-amino-alcohol motifs (C(OH)–C–C–N with tert-alkyl or cyclic N) is 1. The number of carbonyl (C=O) groups excluding carboxylic acids is 2. The quantitative estimate of drug-likeness (QED) is 0.121. The van der Waals surface area contributed by atoms with Crippen LogP contribution in [0.3, 0.4) is 0 Å². The van der Waals surface area contributed by atoms with Gasteiger partial charge in [0.15, 0.2) is 0 Å². The van der Waals surface area contributed by atoms with Gasteiger partial charge in [-0.05, 0) is 66.8 Å². The van der Waals surface area contributed by atoms with Crippen LogP contribution in [0.25, 0.3) is 43.9 Å². The molecule has 2 aliphatic heterocycles. The van der Waals surface area contributed by atoms with Gasteiger partial charge < -0.3 is 29.9 Å². The van der Waals surface area contributed by atoms with E-state index in [2.05, 4.69) is 52.7 Å². The van der Waals surface area contributed by atoms with Gasteiger partial charge in [-0.15, -0.1) is 21.5 Å². The number of aryl methyl sites for hydroxylation is 1. The number of phenolic OH excluding ortho intramolecular Hbond substituents is 1. The van der Waals surface area contributed by atoms with Crippen molar-refractivity contribution in [3.05, 3.63) is 119 Å². The average molecular weight is 836 g/mol. The summed E-state index contributed by atoms with van der Waals surface area (Å²) in [5.74, 6) is -0.153. The van der Waals surface area contributed by atoms with Crippen LogP contribution >= 0.6 is 11.3 Å². The first kappa shape index (κ1) is 39.9. The predicted molar refractivity (Wildman–Crippen MR) is 232 cm³/mol. The van der Waals surface area contributed by atoms with Gasteiger partial charge in [-0.3, -0.25) is 9.59 Å². The van der Waals surface area contributed by atoms with Crippen LogP contribution in [0.2, 0.25) is 0 Å². The van der Waals surface area contributed by atoms with Gasteiger partial charge in [-0.2, -0.15) is 0 Å². The summed E-state index contributed by atoms with van der Waals surface area (Å²) in [5.41, 5.74) is 9.13. The zero-order valence-corrected chi connectivity index (χ0v) is 35.0. The molecule has 9 rings (SSSR count). The number of aliphatic hydroxyl groups is 1. The monoisotopic (exact) mass is 835 g/mol. The maximum atomic E-state index is 14.3. The van der Waals surface area contributed by atoms with E-state index in [1.807, 2.05) is 81.7 Å². The van der Waals surface area contributed by atoms with Crippen LogP contribution in [-0.4, -0.2) is 89.0 Å². The third-order valence-electron chi connectivity index (χ3n) is 11.8. The number of nitrogens with zero attached hydrogens (tertiary/aromatic N) is 8. The Morgan fingerprint density at radius 3 is 2.38 bits per heavy atom. The highest BCUT2D eigenvalue weighted by Gasteiger charge is 2.43. The summed E-state index contributed by atoms with van der Waals surface area (Å²) in [5, 5.41) is 38.0. The number of rotatable bonds is 11. The Hall–Kier alpha value is -6.58. The van der Waals surface area contributed by atoms with Crippen molar-refractivity contribution in [2.24, 2.45) is 5.92 Å². The van der Waals surface area contributed by atoms with Crippen LogP contribution in [0.15, 0.2) is 101 Å². The van der Waals surface area contributed by atoms with Gasteiger partial charge in [0, 0.05) is 66.9 Å². The lowest BCUT2D eigenvalue weighted by molar-refractivity contribution is -0.141. The third kappa shape index (κ3) is 7.93. The summed E-state index contributed by atoms with van der Waals surface area (Å²) in [6, 6.07) is 23.8. The molecule has 6 heterocycles.